The lowest BCUT2D eigenvalue weighted by Gasteiger charge is -2.36. The Morgan fingerprint density at radius 1 is 1.00 bits per heavy atom. The van der Waals surface area contributed by atoms with Gasteiger partial charge in [-0.1, -0.05) is 44.8 Å². The third-order valence-electron chi connectivity index (χ3n) is 4.53. The molecular formula is C17H28O2. The van der Waals surface area contributed by atoms with Gasteiger partial charge in [0.25, 0.3) is 0 Å². The number of rotatable bonds is 0. The Labute approximate surface area is 117 Å². The van der Waals surface area contributed by atoms with Gasteiger partial charge in [0, 0.05) is 0 Å². The SMILES string of the molecule is CC1CC/C=C\CCCCCCCC2C(=O)OC2C1. The normalized spacial score (nSPS) is 36.1. The van der Waals surface area contributed by atoms with Crippen molar-refractivity contribution in [2.45, 2.75) is 77.2 Å². The van der Waals surface area contributed by atoms with Crippen LogP contribution in [0.15, 0.2) is 12.2 Å². The highest BCUT2D eigenvalue weighted by atomic mass is 16.6. The third-order valence-corrected chi connectivity index (χ3v) is 4.53. The predicted molar refractivity (Wildman–Crippen MR) is 77.8 cm³/mol. The van der Waals surface area contributed by atoms with Crippen LogP contribution < -0.4 is 0 Å². The summed E-state index contributed by atoms with van der Waals surface area (Å²) < 4.78 is 5.34. The molecule has 0 amide bonds. The minimum atomic E-state index is 0.0569. The maximum atomic E-state index is 11.5. The van der Waals surface area contributed by atoms with Gasteiger partial charge in [-0.15, -0.1) is 0 Å². The van der Waals surface area contributed by atoms with Crippen LogP contribution in [0.25, 0.3) is 0 Å². The summed E-state index contributed by atoms with van der Waals surface area (Å²) in [6.45, 7) is 2.29. The van der Waals surface area contributed by atoms with E-state index in [0.717, 1.165) is 12.8 Å². The van der Waals surface area contributed by atoms with Crippen LogP contribution in [-0.4, -0.2) is 12.1 Å². The summed E-state index contributed by atoms with van der Waals surface area (Å²) in [5.74, 6) is 0.930. The number of ether oxygens (including phenoxy) is 1. The van der Waals surface area contributed by atoms with Gasteiger partial charge in [-0.05, 0) is 44.4 Å². The Bertz CT molecular complexity index is 308. The molecule has 2 aliphatic rings. The average Bonchev–Trinajstić information content (AvgIpc) is 2.39. The summed E-state index contributed by atoms with van der Waals surface area (Å²) in [5, 5.41) is 0. The molecule has 3 atom stereocenters. The monoisotopic (exact) mass is 264 g/mol. The minimum Gasteiger partial charge on any atom is -0.461 e. The summed E-state index contributed by atoms with van der Waals surface area (Å²) in [5.41, 5.74) is 0. The van der Waals surface area contributed by atoms with Crippen LogP contribution in [0.4, 0.5) is 0 Å². The molecule has 0 aromatic heterocycles. The van der Waals surface area contributed by atoms with Gasteiger partial charge in [0.2, 0.25) is 0 Å². The van der Waals surface area contributed by atoms with Crippen molar-refractivity contribution in [3.8, 4) is 0 Å². The highest BCUT2D eigenvalue weighted by molar-refractivity contribution is 5.78. The third kappa shape index (κ3) is 4.67. The van der Waals surface area contributed by atoms with E-state index in [9.17, 15) is 4.79 Å². The zero-order valence-electron chi connectivity index (χ0n) is 12.3. The zero-order valence-corrected chi connectivity index (χ0v) is 12.3. The summed E-state index contributed by atoms with van der Waals surface area (Å²) in [7, 11) is 0. The lowest BCUT2D eigenvalue weighted by Crippen LogP contribution is -2.45. The van der Waals surface area contributed by atoms with Crippen molar-refractivity contribution in [2.75, 3.05) is 0 Å². The van der Waals surface area contributed by atoms with E-state index in [1.807, 2.05) is 0 Å². The van der Waals surface area contributed by atoms with E-state index in [2.05, 4.69) is 19.1 Å². The summed E-state index contributed by atoms with van der Waals surface area (Å²) in [4.78, 5) is 11.5. The second kappa shape index (κ2) is 7.72. The van der Waals surface area contributed by atoms with Gasteiger partial charge in [-0.3, -0.25) is 4.79 Å². The van der Waals surface area contributed by atoms with Crippen molar-refractivity contribution in [3.05, 3.63) is 12.2 Å². The van der Waals surface area contributed by atoms with Gasteiger partial charge >= 0.3 is 5.97 Å². The molecule has 0 aromatic carbocycles. The Balaban J connectivity index is 1.82. The molecule has 1 saturated heterocycles. The predicted octanol–water partition coefficient (Wildman–Crippen LogP) is 4.63. The standard InChI is InChI=1S/C17H28O2/c1-14-11-9-7-5-3-2-4-6-8-10-12-15-16(13-14)19-17(15)18/h5,7,14-16H,2-4,6,8-13H2,1H3/b7-5-. The zero-order chi connectivity index (χ0) is 13.5. The van der Waals surface area contributed by atoms with E-state index in [4.69, 9.17) is 4.74 Å². The molecule has 2 rings (SSSR count). The van der Waals surface area contributed by atoms with Crippen molar-refractivity contribution in [1.82, 2.24) is 0 Å². The van der Waals surface area contributed by atoms with Gasteiger partial charge in [-0.2, -0.15) is 0 Å². The van der Waals surface area contributed by atoms with Crippen molar-refractivity contribution in [1.29, 1.82) is 0 Å². The number of fused-ring (bicyclic) bond motifs is 1. The van der Waals surface area contributed by atoms with Crippen LogP contribution in [0, 0.1) is 11.8 Å². The molecule has 3 unspecified atom stereocenters. The van der Waals surface area contributed by atoms with Gasteiger partial charge in [0.05, 0.1) is 5.92 Å². The Hall–Kier alpha value is -0.790. The Morgan fingerprint density at radius 2 is 1.74 bits per heavy atom. The first-order valence-corrected chi connectivity index (χ1v) is 8.13. The first-order chi connectivity index (χ1) is 9.27. The first-order valence-electron chi connectivity index (χ1n) is 8.13. The number of allylic oxidation sites excluding steroid dienone is 2. The van der Waals surface area contributed by atoms with E-state index in [0.29, 0.717) is 5.92 Å². The topological polar surface area (TPSA) is 26.3 Å². The van der Waals surface area contributed by atoms with E-state index >= 15 is 0 Å². The van der Waals surface area contributed by atoms with Crippen molar-refractivity contribution >= 4 is 5.97 Å². The number of hydrogen-bond acceptors (Lipinski definition) is 2. The smallest absolute Gasteiger partial charge is 0.313 e. The quantitative estimate of drug-likeness (QED) is 0.471. The number of esters is 1. The fourth-order valence-corrected chi connectivity index (χ4v) is 3.20. The van der Waals surface area contributed by atoms with Crippen LogP contribution in [0.2, 0.25) is 0 Å². The van der Waals surface area contributed by atoms with Crippen LogP contribution in [0.3, 0.4) is 0 Å². The summed E-state index contributed by atoms with van der Waals surface area (Å²) >= 11 is 0. The van der Waals surface area contributed by atoms with Gasteiger partial charge in [0.15, 0.2) is 0 Å². The van der Waals surface area contributed by atoms with Gasteiger partial charge in [0.1, 0.15) is 6.10 Å². The summed E-state index contributed by atoms with van der Waals surface area (Å²) in [6, 6.07) is 0. The fourth-order valence-electron chi connectivity index (χ4n) is 3.20. The molecule has 0 radical (unpaired) electrons. The molecule has 0 saturated carbocycles. The average molecular weight is 264 g/mol. The maximum Gasteiger partial charge on any atom is 0.313 e. The molecule has 1 heterocycles. The van der Waals surface area contributed by atoms with Crippen LogP contribution in [0.1, 0.15) is 71.1 Å². The van der Waals surface area contributed by atoms with E-state index < -0.39 is 0 Å². The molecule has 0 spiro atoms. The van der Waals surface area contributed by atoms with Crippen LogP contribution >= 0.6 is 0 Å². The van der Waals surface area contributed by atoms with Crippen molar-refractivity contribution < 1.29 is 9.53 Å². The van der Waals surface area contributed by atoms with Crippen LogP contribution in [-0.2, 0) is 9.53 Å². The Morgan fingerprint density at radius 3 is 2.58 bits per heavy atom. The molecule has 0 N–H and O–H groups in total. The molecule has 2 nitrogen and oxygen atoms in total. The summed E-state index contributed by atoms with van der Waals surface area (Å²) in [6.07, 6.45) is 17.1. The molecule has 0 aromatic rings. The molecule has 1 fully saturated rings. The van der Waals surface area contributed by atoms with Gasteiger partial charge in [-0.25, -0.2) is 0 Å². The molecule has 108 valence electrons. The fraction of sp³-hybridized carbons (Fsp3) is 0.824. The Kier molecular flexibility index (Phi) is 5.93. The molecule has 0 bridgehead atoms. The second-order valence-electron chi connectivity index (χ2n) is 6.32. The number of carbonyl (C=O) groups is 1. The molecule has 1 aliphatic heterocycles. The highest BCUT2D eigenvalue weighted by Crippen LogP contribution is 2.33. The number of hydrogen-bond donors (Lipinski definition) is 0. The van der Waals surface area contributed by atoms with Crippen molar-refractivity contribution in [2.24, 2.45) is 11.8 Å². The molecular weight excluding hydrogens is 236 g/mol. The lowest BCUT2D eigenvalue weighted by molar-refractivity contribution is -0.187. The first kappa shape index (κ1) is 14.6. The lowest BCUT2D eigenvalue weighted by atomic mass is 9.84. The highest BCUT2D eigenvalue weighted by Gasteiger charge is 2.41. The van der Waals surface area contributed by atoms with Gasteiger partial charge < -0.3 is 4.74 Å². The second-order valence-corrected chi connectivity index (χ2v) is 6.32. The van der Waals surface area contributed by atoms with Crippen LogP contribution in [0.5, 0.6) is 0 Å². The maximum absolute atomic E-state index is 11.5. The van der Waals surface area contributed by atoms with Crippen molar-refractivity contribution in [3.63, 3.8) is 0 Å². The molecule has 1 aliphatic carbocycles. The number of carbonyl (C=O) groups excluding carboxylic acids is 1. The molecule has 2 heteroatoms. The van der Waals surface area contributed by atoms with E-state index in [1.165, 1.54) is 51.4 Å². The van der Waals surface area contributed by atoms with E-state index in [-0.39, 0.29) is 18.0 Å². The van der Waals surface area contributed by atoms with E-state index in [1.54, 1.807) is 0 Å². The molecule has 19 heavy (non-hydrogen) atoms. The largest absolute Gasteiger partial charge is 0.461 e. The minimum absolute atomic E-state index is 0.0569.